The summed E-state index contributed by atoms with van der Waals surface area (Å²) in [6, 6.07) is 3.45. The third kappa shape index (κ3) is 3.32. The molecule has 0 radical (unpaired) electrons. The van der Waals surface area contributed by atoms with Gasteiger partial charge in [0.1, 0.15) is 0 Å². The van der Waals surface area contributed by atoms with Gasteiger partial charge in [0.15, 0.2) is 5.75 Å². The average molecular weight is 181 g/mol. The van der Waals surface area contributed by atoms with Gasteiger partial charge in [-0.3, -0.25) is 4.79 Å². The summed E-state index contributed by atoms with van der Waals surface area (Å²) in [4.78, 5) is 13.7. The third-order valence-electron chi connectivity index (χ3n) is 1.79. The van der Waals surface area contributed by atoms with Crippen LogP contribution >= 0.6 is 0 Å². The molecule has 1 rings (SSSR count). The van der Waals surface area contributed by atoms with Crippen LogP contribution in [-0.4, -0.2) is 11.6 Å². The van der Waals surface area contributed by atoms with E-state index in [9.17, 15) is 4.79 Å². The van der Waals surface area contributed by atoms with Gasteiger partial charge in [-0.2, -0.15) is 0 Å². The highest BCUT2D eigenvalue weighted by molar-refractivity contribution is 5.15. The Morgan fingerprint density at radius 1 is 1.46 bits per heavy atom. The molecule has 3 nitrogen and oxygen atoms in total. The number of aromatic nitrogens is 1. The van der Waals surface area contributed by atoms with Gasteiger partial charge in [-0.05, 0) is 18.6 Å². The minimum Gasteiger partial charge on any atom is -0.488 e. The fourth-order valence-corrected chi connectivity index (χ4v) is 1.05. The van der Waals surface area contributed by atoms with Gasteiger partial charge in [-0.15, -0.1) is 0 Å². The standard InChI is InChI=1S/C10H15NO2/c1-2-3-4-8-13-9-6-5-7-11-10(9)12/h5-7H,2-4,8H2,1H3,(H,11,12). The first-order valence-electron chi connectivity index (χ1n) is 4.65. The molecule has 72 valence electrons. The van der Waals surface area contributed by atoms with Gasteiger partial charge >= 0.3 is 0 Å². The van der Waals surface area contributed by atoms with E-state index in [0.29, 0.717) is 12.4 Å². The molecule has 0 spiro atoms. The maximum absolute atomic E-state index is 11.1. The Morgan fingerprint density at radius 2 is 2.31 bits per heavy atom. The molecule has 0 fully saturated rings. The van der Waals surface area contributed by atoms with Crippen LogP contribution in [0.1, 0.15) is 26.2 Å². The normalized spacial score (nSPS) is 9.92. The second kappa shape index (κ2) is 5.41. The summed E-state index contributed by atoms with van der Waals surface area (Å²) < 4.78 is 5.30. The zero-order valence-corrected chi connectivity index (χ0v) is 7.88. The van der Waals surface area contributed by atoms with E-state index in [1.807, 2.05) is 0 Å². The molecule has 0 saturated heterocycles. The minimum atomic E-state index is -0.154. The highest BCUT2D eigenvalue weighted by atomic mass is 16.5. The van der Waals surface area contributed by atoms with Crippen molar-refractivity contribution >= 4 is 0 Å². The fourth-order valence-electron chi connectivity index (χ4n) is 1.05. The molecule has 1 aromatic rings. The van der Waals surface area contributed by atoms with Gasteiger partial charge in [0.2, 0.25) is 0 Å². The van der Waals surface area contributed by atoms with Crippen LogP contribution in [0.4, 0.5) is 0 Å². The molecule has 1 N–H and O–H groups in total. The molecule has 0 aliphatic heterocycles. The molecule has 0 unspecified atom stereocenters. The number of pyridine rings is 1. The Morgan fingerprint density at radius 3 is 3.00 bits per heavy atom. The number of hydrogen-bond acceptors (Lipinski definition) is 2. The Labute approximate surface area is 77.8 Å². The van der Waals surface area contributed by atoms with Crippen LogP contribution in [0.3, 0.4) is 0 Å². The summed E-state index contributed by atoms with van der Waals surface area (Å²) in [5, 5.41) is 0. The van der Waals surface area contributed by atoms with Gasteiger partial charge in [0.25, 0.3) is 5.56 Å². The summed E-state index contributed by atoms with van der Waals surface area (Å²) in [5.41, 5.74) is -0.154. The zero-order chi connectivity index (χ0) is 9.52. The Balaban J connectivity index is 2.37. The number of nitrogens with one attached hydrogen (secondary N) is 1. The molecular formula is C10H15NO2. The first-order valence-corrected chi connectivity index (χ1v) is 4.65. The quantitative estimate of drug-likeness (QED) is 0.705. The van der Waals surface area contributed by atoms with Crippen molar-refractivity contribution < 1.29 is 4.74 Å². The van der Waals surface area contributed by atoms with E-state index in [2.05, 4.69) is 11.9 Å². The topological polar surface area (TPSA) is 42.1 Å². The van der Waals surface area contributed by atoms with E-state index in [1.54, 1.807) is 18.3 Å². The lowest BCUT2D eigenvalue weighted by Gasteiger charge is -2.03. The molecule has 0 aliphatic rings. The van der Waals surface area contributed by atoms with E-state index in [-0.39, 0.29) is 5.56 Å². The lowest BCUT2D eigenvalue weighted by Crippen LogP contribution is -2.10. The van der Waals surface area contributed by atoms with E-state index in [4.69, 9.17) is 4.74 Å². The van der Waals surface area contributed by atoms with Crippen LogP contribution < -0.4 is 10.3 Å². The molecule has 1 aromatic heterocycles. The molecule has 1 heterocycles. The number of H-pyrrole nitrogens is 1. The molecule has 0 bridgehead atoms. The molecule has 0 atom stereocenters. The number of ether oxygens (including phenoxy) is 1. The van der Waals surface area contributed by atoms with Crippen LogP contribution in [0, 0.1) is 0 Å². The lowest BCUT2D eigenvalue weighted by atomic mass is 10.3. The van der Waals surface area contributed by atoms with E-state index in [0.717, 1.165) is 19.3 Å². The highest BCUT2D eigenvalue weighted by Gasteiger charge is 1.96. The number of hydrogen-bond donors (Lipinski definition) is 1. The second-order valence-electron chi connectivity index (χ2n) is 2.92. The maximum Gasteiger partial charge on any atom is 0.290 e. The summed E-state index contributed by atoms with van der Waals surface area (Å²) in [6.45, 7) is 2.76. The van der Waals surface area contributed by atoms with Gasteiger partial charge in [0.05, 0.1) is 6.61 Å². The Bertz CT molecular complexity index is 293. The van der Waals surface area contributed by atoms with Crippen molar-refractivity contribution in [3.63, 3.8) is 0 Å². The van der Waals surface area contributed by atoms with Crippen molar-refractivity contribution in [3.05, 3.63) is 28.7 Å². The zero-order valence-electron chi connectivity index (χ0n) is 7.88. The smallest absolute Gasteiger partial charge is 0.290 e. The SMILES string of the molecule is CCCCCOc1ccc[nH]c1=O. The van der Waals surface area contributed by atoms with E-state index < -0.39 is 0 Å². The summed E-state index contributed by atoms with van der Waals surface area (Å²) in [5.74, 6) is 0.415. The molecule has 13 heavy (non-hydrogen) atoms. The van der Waals surface area contributed by atoms with Crippen LogP contribution in [0.25, 0.3) is 0 Å². The van der Waals surface area contributed by atoms with Crippen molar-refractivity contribution in [2.75, 3.05) is 6.61 Å². The monoisotopic (exact) mass is 181 g/mol. The van der Waals surface area contributed by atoms with Crippen molar-refractivity contribution in [2.45, 2.75) is 26.2 Å². The maximum atomic E-state index is 11.1. The van der Waals surface area contributed by atoms with Crippen molar-refractivity contribution in [1.82, 2.24) is 4.98 Å². The second-order valence-corrected chi connectivity index (χ2v) is 2.92. The lowest BCUT2D eigenvalue weighted by molar-refractivity contribution is 0.302. The number of unbranched alkanes of at least 4 members (excludes halogenated alkanes) is 2. The molecule has 0 saturated carbocycles. The minimum absolute atomic E-state index is 0.154. The molecule has 0 amide bonds. The van der Waals surface area contributed by atoms with Crippen LogP contribution in [-0.2, 0) is 0 Å². The van der Waals surface area contributed by atoms with E-state index in [1.165, 1.54) is 0 Å². The molecule has 0 aromatic carbocycles. The van der Waals surface area contributed by atoms with Crippen LogP contribution in [0.2, 0.25) is 0 Å². The first-order chi connectivity index (χ1) is 6.34. The fraction of sp³-hybridized carbons (Fsp3) is 0.500. The number of aromatic amines is 1. The first kappa shape index (κ1) is 9.84. The summed E-state index contributed by atoms with van der Waals surface area (Å²) in [7, 11) is 0. The van der Waals surface area contributed by atoms with Crippen molar-refractivity contribution in [1.29, 1.82) is 0 Å². The molecule has 3 heteroatoms. The highest BCUT2D eigenvalue weighted by Crippen LogP contribution is 2.01. The van der Waals surface area contributed by atoms with Gasteiger partial charge in [0, 0.05) is 6.20 Å². The van der Waals surface area contributed by atoms with Crippen LogP contribution in [0.15, 0.2) is 23.1 Å². The van der Waals surface area contributed by atoms with Gasteiger partial charge in [-0.25, -0.2) is 0 Å². The van der Waals surface area contributed by atoms with Crippen LogP contribution in [0.5, 0.6) is 5.75 Å². The largest absolute Gasteiger partial charge is 0.488 e. The summed E-state index contributed by atoms with van der Waals surface area (Å²) in [6.07, 6.45) is 4.91. The predicted octanol–water partition coefficient (Wildman–Crippen LogP) is 1.94. The van der Waals surface area contributed by atoms with Gasteiger partial charge in [-0.1, -0.05) is 19.8 Å². The number of rotatable bonds is 5. The van der Waals surface area contributed by atoms with Crippen molar-refractivity contribution in [3.8, 4) is 5.75 Å². The molecule has 0 aliphatic carbocycles. The van der Waals surface area contributed by atoms with E-state index >= 15 is 0 Å². The summed E-state index contributed by atoms with van der Waals surface area (Å²) >= 11 is 0. The Hall–Kier alpha value is -1.25. The van der Waals surface area contributed by atoms with Crippen molar-refractivity contribution in [2.24, 2.45) is 0 Å². The Kier molecular flexibility index (Phi) is 4.09. The average Bonchev–Trinajstić information content (AvgIpc) is 2.15. The van der Waals surface area contributed by atoms with Gasteiger partial charge < -0.3 is 9.72 Å². The predicted molar refractivity (Wildman–Crippen MR) is 52.1 cm³/mol. The third-order valence-corrected chi connectivity index (χ3v) is 1.79. The molecular weight excluding hydrogens is 166 g/mol.